The van der Waals surface area contributed by atoms with Crippen LogP contribution in [-0.2, 0) is 9.84 Å². The summed E-state index contributed by atoms with van der Waals surface area (Å²) >= 11 is 0. The zero-order valence-corrected chi connectivity index (χ0v) is 23.4. The molecule has 0 spiro atoms. The molecule has 1 fully saturated rings. The Morgan fingerprint density at radius 1 is 1.29 bits per heavy atom. The van der Waals surface area contributed by atoms with Gasteiger partial charge in [0.2, 0.25) is 0 Å². The number of carbonyl (C=O) groups is 1. The van der Waals surface area contributed by atoms with E-state index >= 15 is 0 Å². The van der Waals surface area contributed by atoms with Gasteiger partial charge in [-0.3, -0.25) is 4.79 Å². The number of amides is 1. The summed E-state index contributed by atoms with van der Waals surface area (Å²) in [6, 6.07) is 6.95. The van der Waals surface area contributed by atoms with Crippen LogP contribution in [0.2, 0.25) is 0 Å². The highest BCUT2D eigenvalue weighted by atomic mass is 32.2. The lowest BCUT2D eigenvalue weighted by atomic mass is 9.94. The van der Waals surface area contributed by atoms with Crippen molar-refractivity contribution in [3.8, 4) is 17.6 Å². The molecule has 13 heteroatoms. The molecule has 3 aromatic rings. The number of halogens is 3. The van der Waals surface area contributed by atoms with Gasteiger partial charge in [0.25, 0.3) is 5.91 Å². The summed E-state index contributed by atoms with van der Waals surface area (Å²) in [5, 5.41) is 19.1. The van der Waals surface area contributed by atoms with Crippen molar-refractivity contribution in [1.29, 1.82) is 0 Å². The minimum atomic E-state index is -4.94. The zero-order valence-electron chi connectivity index (χ0n) is 22.6. The summed E-state index contributed by atoms with van der Waals surface area (Å²) in [5.41, 5.74) is 0.116. The number of carbonyl (C=O) groups excluding carboxylic acids is 1. The number of aliphatic hydroxyl groups is 1. The van der Waals surface area contributed by atoms with Crippen LogP contribution in [0.25, 0.3) is 11.0 Å². The smallest absolute Gasteiger partial charge is 0.418 e. The van der Waals surface area contributed by atoms with Crippen molar-refractivity contribution in [1.82, 2.24) is 10.6 Å². The maximum Gasteiger partial charge on any atom is 0.418 e. The molecule has 2 heterocycles. The highest BCUT2D eigenvalue weighted by Gasteiger charge is 2.41. The van der Waals surface area contributed by atoms with Crippen LogP contribution in [0.5, 0.6) is 5.75 Å². The Bertz CT molecular complexity index is 1610. The number of furan rings is 1. The number of methoxy groups -OCH3 is 1. The predicted molar refractivity (Wildman–Crippen MR) is 147 cm³/mol. The van der Waals surface area contributed by atoms with Crippen LogP contribution in [0.1, 0.15) is 40.9 Å². The molecular weight excluding hydrogens is 563 g/mol. The molecule has 0 saturated carbocycles. The number of ether oxygens (including phenoxy) is 1. The SMILES string of the molecule is COc1cc(S(C)(=O)=O)ccc1NCC#Cc1cc(C(=O)N[C@H]2CCNC[C@@H]2C)c2occ(C(O)C(F)(F)F)c2c1. The second-order valence-electron chi connectivity index (χ2n) is 9.88. The van der Waals surface area contributed by atoms with E-state index in [9.17, 15) is 31.5 Å². The van der Waals surface area contributed by atoms with Crippen molar-refractivity contribution < 1.29 is 40.6 Å². The molecule has 220 valence electrons. The quantitative estimate of drug-likeness (QED) is 0.306. The summed E-state index contributed by atoms with van der Waals surface area (Å²) in [4.78, 5) is 13.4. The first-order valence-electron chi connectivity index (χ1n) is 12.7. The number of fused-ring (bicyclic) bond motifs is 1. The van der Waals surface area contributed by atoms with E-state index in [2.05, 4.69) is 27.8 Å². The van der Waals surface area contributed by atoms with E-state index in [0.29, 0.717) is 25.2 Å². The monoisotopic (exact) mass is 593 g/mol. The minimum Gasteiger partial charge on any atom is -0.495 e. The third-order valence-corrected chi connectivity index (χ3v) is 7.97. The number of anilines is 1. The number of nitrogens with one attached hydrogen (secondary N) is 3. The Morgan fingerprint density at radius 3 is 2.71 bits per heavy atom. The molecule has 2 aromatic carbocycles. The lowest BCUT2D eigenvalue weighted by Gasteiger charge is -2.30. The molecule has 0 bridgehead atoms. The van der Waals surface area contributed by atoms with Gasteiger partial charge in [0.05, 0.1) is 36.1 Å². The fourth-order valence-corrected chi connectivity index (χ4v) is 5.23. The van der Waals surface area contributed by atoms with Crippen LogP contribution in [0, 0.1) is 17.8 Å². The third-order valence-electron chi connectivity index (χ3n) is 6.86. The van der Waals surface area contributed by atoms with E-state index in [4.69, 9.17) is 9.15 Å². The lowest BCUT2D eigenvalue weighted by molar-refractivity contribution is -0.206. The van der Waals surface area contributed by atoms with E-state index in [-0.39, 0.29) is 51.2 Å². The number of piperidine rings is 1. The zero-order chi connectivity index (χ0) is 29.9. The Balaban J connectivity index is 1.65. The normalized spacial score (nSPS) is 18.3. The van der Waals surface area contributed by atoms with Gasteiger partial charge in [0.1, 0.15) is 11.3 Å². The molecule has 1 aromatic heterocycles. The largest absolute Gasteiger partial charge is 0.495 e. The van der Waals surface area contributed by atoms with Crippen LogP contribution in [0.3, 0.4) is 0 Å². The predicted octanol–water partition coefficient (Wildman–Crippen LogP) is 3.63. The van der Waals surface area contributed by atoms with E-state index in [0.717, 1.165) is 12.5 Å². The van der Waals surface area contributed by atoms with Crippen molar-refractivity contribution in [2.75, 3.05) is 38.3 Å². The average molecular weight is 594 g/mol. The lowest BCUT2D eigenvalue weighted by Crippen LogP contribution is -2.48. The fraction of sp³-hybridized carbons (Fsp3) is 0.393. The van der Waals surface area contributed by atoms with E-state index in [1.54, 1.807) is 0 Å². The van der Waals surface area contributed by atoms with Gasteiger partial charge >= 0.3 is 6.18 Å². The van der Waals surface area contributed by atoms with Crippen LogP contribution in [0.4, 0.5) is 18.9 Å². The van der Waals surface area contributed by atoms with Gasteiger partial charge in [-0.2, -0.15) is 13.2 Å². The van der Waals surface area contributed by atoms with Gasteiger partial charge in [0.15, 0.2) is 15.9 Å². The molecule has 1 saturated heterocycles. The van der Waals surface area contributed by atoms with Crippen molar-refractivity contribution in [3.05, 3.63) is 53.3 Å². The Hall–Kier alpha value is -3.73. The van der Waals surface area contributed by atoms with Crippen LogP contribution < -0.4 is 20.7 Å². The maximum atomic E-state index is 13.4. The molecule has 0 radical (unpaired) electrons. The third kappa shape index (κ3) is 6.95. The first kappa shape index (κ1) is 30.2. The van der Waals surface area contributed by atoms with Gasteiger partial charge < -0.3 is 30.2 Å². The van der Waals surface area contributed by atoms with Gasteiger partial charge in [-0.15, -0.1) is 0 Å². The standard InChI is InChI=1S/C28H30F3N3O6S/c1-16-14-32-10-8-22(16)34-27(36)20-12-17(11-19-21(15-40-25(19)20)26(35)28(29,30)31)5-4-9-33-23-7-6-18(41(3,37)38)13-24(23)39-2/h6-7,11-13,15-16,22,26,32-33,35H,8-10,14H2,1-3H3,(H,34,36)/t16-,22-,26?/m0/s1. The van der Waals surface area contributed by atoms with Gasteiger partial charge in [-0.05, 0) is 49.7 Å². The summed E-state index contributed by atoms with van der Waals surface area (Å²) in [6.45, 7) is 3.47. The fourth-order valence-electron chi connectivity index (χ4n) is 4.59. The molecule has 1 amide bonds. The van der Waals surface area contributed by atoms with Crippen molar-refractivity contribution in [2.45, 2.75) is 36.6 Å². The van der Waals surface area contributed by atoms with Gasteiger partial charge in [0, 0.05) is 34.9 Å². The Kier molecular flexibility index (Phi) is 8.86. The second kappa shape index (κ2) is 12.0. The Morgan fingerprint density at radius 2 is 2.05 bits per heavy atom. The average Bonchev–Trinajstić information content (AvgIpc) is 3.34. The first-order valence-corrected chi connectivity index (χ1v) is 14.6. The maximum absolute atomic E-state index is 13.4. The van der Waals surface area contributed by atoms with E-state index in [1.165, 1.54) is 37.4 Å². The van der Waals surface area contributed by atoms with Crippen molar-refractivity contribution in [2.24, 2.45) is 5.92 Å². The van der Waals surface area contributed by atoms with E-state index in [1.807, 2.05) is 6.92 Å². The highest BCUT2D eigenvalue weighted by molar-refractivity contribution is 7.90. The molecule has 1 aliphatic heterocycles. The molecule has 1 unspecified atom stereocenters. The number of benzene rings is 2. The van der Waals surface area contributed by atoms with E-state index < -0.39 is 33.6 Å². The van der Waals surface area contributed by atoms with Crippen LogP contribution in [-0.4, -0.2) is 64.6 Å². The summed E-state index contributed by atoms with van der Waals surface area (Å²) in [6.07, 6.45) is -5.18. The molecule has 1 aliphatic rings. The van der Waals surface area contributed by atoms with Crippen LogP contribution in [0.15, 0.2) is 45.9 Å². The number of aliphatic hydroxyl groups excluding tert-OH is 1. The number of rotatable bonds is 7. The first-order chi connectivity index (χ1) is 19.3. The molecule has 41 heavy (non-hydrogen) atoms. The molecule has 4 rings (SSSR count). The summed E-state index contributed by atoms with van der Waals surface area (Å²) in [5.74, 6) is 5.59. The van der Waals surface area contributed by atoms with Crippen LogP contribution >= 0.6 is 0 Å². The van der Waals surface area contributed by atoms with Gasteiger partial charge in [-0.1, -0.05) is 18.8 Å². The van der Waals surface area contributed by atoms with Crippen molar-refractivity contribution >= 4 is 32.4 Å². The topological polar surface area (TPSA) is 130 Å². The Labute approximate surface area is 235 Å². The van der Waals surface area contributed by atoms with Gasteiger partial charge in [-0.25, -0.2) is 8.42 Å². The molecular formula is C28H30F3N3O6S. The second-order valence-corrected chi connectivity index (χ2v) is 11.9. The highest BCUT2D eigenvalue weighted by Crippen LogP contribution is 2.38. The number of hydrogen-bond acceptors (Lipinski definition) is 8. The summed E-state index contributed by atoms with van der Waals surface area (Å²) < 4.78 is 74.3. The minimum absolute atomic E-state index is 0.00384. The number of alkyl halides is 3. The molecule has 4 N–H and O–H groups in total. The number of hydrogen-bond donors (Lipinski definition) is 4. The molecule has 9 nitrogen and oxygen atoms in total. The number of sulfone groups is 1. The molecule has 0 aliphatic carbocycles. The molecule has 3 atom stereocenters. The summed E-state index contributed by atoms with van der Waals surface area (Å²) in [7, 11) is -2.05. The van der Waals surface area contributed by atoms with Crippen molar-refractivity contribution in [3.63, 3.8) is 0 Å².